The molecule has 0 spiro atoms. The van der Waals surface area contributed by atoms with Gasteiger partial charge in [0.15, 0.2) is 11.5 Å². The molecule has 0 amide bonds. The van der Waals surface area contributed by atoms with Crippen molar-refractivity contribution in [1.29, 1.82) is 0 Å². The topological polar surface area (TPSA) is 57.7 Å². The smallest absolute Gasteiger partial charge is 0.417 e. The molecule has 0 fully saturated rings. The standard InChI is InChI=1S/C17H14Cl2F3NO4/c1-7-5-9(25-2)14(26-3)15(27-4)11(7)13(24)12-8(17(20,21)22)6-10(18)23-16(12)19/h5-6H,1-4H3. The van der Waals surface area contributed by atoms with E-state index in [1.807, 2.05) is 0 Å². The fraction of sp³-hybridized carbons (Fsp3) is 0.294. The van der Waals surface area contributed by atoms with Crippen molar-refractivity contribution in [3.05, 3.63) is 44.7 Å². The van der Waals surface area contributed by atoms with E-state index in [1.54, 1.807) is 0 Å². The van der Waals surface area contributed by atoms with Crippen LogP contribution in [0.5, 0.6) is 17.2 Å². The lowest BCUT2D eigenvalue weighted by molar-refractivity contribution is -0.137. The van der Waals surface area contributed by atoms with E-state index in [-0.39, 0.29) is 22.8 Å². The highest BCUT2D eigenvalue weighted by molar-refractivity contribution is 6.36. The number of methoxy groups -OCH3 is 3. The van der Waals surface area contributed by atoms with Gasteiger partial charge in [-0.2, -0.15) is 13.2 Å². The number of alkyl halides is 3. The number of aryl methyl sites for hydroxylation is 1. The summed E-state index contributed by atoms with van der Waals surface area (Å²) in [5.74, 6) is -0.814. The summed E-state index contributed by atoms with van der Waals surface area (Å²) < 4.78 is 56.0. The summed E-state index contributed by atoms with van der Waals surface area (Å²) >= 11 is 11.4. The van der Waals surface area contributed by atoms with Gasteiger partial charge < -0.3 is 14.2 Å². The van der Waals surface area contributed by atoms with Gasteiger partial charge in [-0.15, -0.1) is 0 Å². The maximum atomic E-state index is 13.5. The molecular formula is C17H14Cl2F3NO4. The molecule has 0 aliphatic rings. The molecule has 2 rings (SSSR count). The highest BCUT2D eigenvalue weighted by Gasteiger charge is 2.39. The maximum Gasteiger partial charge on any atom is 0.417 e. The molecule has 0 aliphatic carbocycles. The number of carbonyl (C=O) groups excluding carboxylic acids is 1. The van der Waals surface area contributed by atoms with Crippen LogP contribution in [0.1, 0.15) is 27.0 Å². The van der Waals surface area contributed by atoms with Gasteiger partial charge in [-0.25, -0.2) is 4.98 Å². The Labute approximate surface area is 163 Å². The van der Waals surface area contributed by atoms with E-state index < -0.39 is 33.4 Å². The molecule has 27 heavy (non-hydrogen) atoms. The van der Waals surface area contributed by atoms with E-state index in [0.717, 1.165) is 0 Å². The van der Waals surface area contributed by atoms with Crippen LogP contribution >= 0.6 is 23.2 Å². The first-order valence-electron chi connectivity index (χ1n) is 7.34. The first kappa shape index (κ1) is 21.1. The lowest BCUT2D eigenvalue weighted by Gasteiger charge is -2.19. The number of aromatic nitrogens is 1. The summed E-state index contributed by atoms with van der Waals surface area (Å²) in [5, 5.41) is -1.16. The van der Waals surface area contributed by atoms with E-state index in [4.69, 9.17) is 37.4 Å². The van der Waals surface area contributed by atoms with Crippen molar-refractivity contribution in [2.24, 2.45) is 0 Å². The zero-order chi connectivity index (χ0) is 20.5. The Hall–Kier alpha value is -2.19. The number of nitrogens with zero attached hydrogens (tertiary/aromatic N) is 1. The molecule has 0 unspecified atom stereocenters. The number of halogens is 5. The molecule has 0 atom stereocenters. The van der Waals surface area contributed by atoms with Gasteiger partial charge in [0.1, 0.15) is 10.3 Å². The third kappa shape index (κ3) is 3.91. The van der Waals surface area contributed by atoms with E-state index in [0.29, 0.717) is 11.6 Å². The molecule has 0 aliphatic heterocycles. The van der Waals surface area contributed by atoms with Crippen LogP contribution in [0, 0.1) is 6.92 Å². The van der Waals surface area contributed by atoms with Crippen LogP contribution in [-0.2, 0) is 6.18 Å². The van der Waals surface area contributed by atoms with Gasteiger partial charge in [0.25, 0.3) is 0 Å². The summed E-state index contributed by atoms with van der Waals surface area (Å²) in [6.45, 7) is 1.52. The van der Waals surface area contributed by atoms with Crippen molar-refractivity contribution in [3.63, 3.8) is 0 Å². The number of rotatable bonds is 5. The Morgan fingerprint density at radius 2 is 1.59 bits per heavy atom. The van der Waals surface area contributed by atoms with Crippen molar-refractivity contribution in [2.75, 3.05) is 21.3 Å². The Balaban J connectivity index is 2.84. The summed E-state index contributed by atoms with van der Waals surface area (Å²) in [6, 6.07) is 1.99. The van der Waals surface area contributed by atoms with Gasteiger partial charge in [-0.3, -0.25) is 4.79 Å². The summed E-state index contributed by atoms with van der Waals surface area (Å²) in [6.07, 6.45) is -4.88. The number of carbonyl (C=O) groups is 1. The van der Waals surface area contributed by atoms with Crippen LogP contribution in [0.2, 0.25) is 10.3 Å². The summed E-state index contributed by atoms with van der Waals surface area (Å²) in [4.78, 5) is 16.6. The minimum atomic E-state index is -4.88. The molecule has 0 saturated heterocycles. The Morgan fingerprint density at radius 3 is 2.07 bits per heavy atom. The third-order valence-corrected chi connectivity index (χ3v) is 4.20. The second kappa shape index (κ2) is 7.82. The lowest BCUT2D eigenvalue weighted by Crippen LogP contribution is -2.17. The van der Waals surface area contributed by atoms with E-state index >= 15 is 0 Å². The Bertz CT molecular complexity index is 901. The SMILES string of the molecule is COc1cc(C)c(C(=O)c2c(C(F)(F)F)cc(Cl)nc2Cl)c(OC)c1OC. The fourth-order valence-electron chi connectivity index (χ4n) is 2.61. The van der Waals surface area contributed by atoms with Gasteiger partial charge >= 0.3 is 6.18 Å². The molecule has 0 saturated carbocycles. The van der Waals surface area contributed by atoms with Crippen molar-refractivity contribution < 1.29 is 32.2 Å². The highest BCUT2D eigenvalue weighted by atomic mass is 35.5. The van der Waals surface area contributed by atoms with Crippen LogP contribution in [0.25, 0.3) is 0 Å². The van der Waals surface area contributed by atoms with E-state index in [1.165, 1.54) is 34.3 Å². The number of ketones is 1. The van der Waals surface area contributed by atoms with E-state index in [2.05, 4.69) is 4.98 Å². The molecule has 2 aromatic rings. The molecular weight excluding hydrogens is 410 g/mol. The highest BCUT2D eigenvalue weighted by Crippen LogP contribution is 2.44. The largest absolute Gasteiger partial charge is 0.493 e. The van der Waals surface area contributed by atoms with Crippen molar-refractivity contribution in [1.82, 2.24) is 4.98 Å². The van der Waals surface area contributed by atoms with Gasteiger partial charge in [-0.1, -0.05) is 23.2 Å². The van der Waals surface area contributed by atoms with E-state index in [9.17, 15) is 18.0 Å². The Morgan fingerprint density at radius 1 is 1.00 bits per heavy atom. The van der Waals surface area contributed by atoms with Gasteiger partial charge in [0.2, 0.25) is 11.5 Å². The predicted octanol–water partition coefficient (Wildman–Crippen LogP) is 4.97. The van der Waals surface area contributed by atoms with Crippen molar-refractivity contribution in [2.45, 2.75) is 13.1 Å². The fourth-order valence-corrected chi connectivity index (χ4v) is 3.13. The van der Waals surface area contributed by atoms with Gasteiger partial charge in [0.05, 0.1) is 38.0 Å². The molecule has 10 heteroatoms. The number of ether oxygens (including phenoxy) is 3. The molecule has 1 aromatic heterocycles. The van der Waals surface area contributed by atoms with Gasteiger partial charge in [0, 0.05) is 0 Å². The molecule has 0 N–H and O–H groups in total. The Kier molecular flexibility index (Phi) is 6.11. The quantitative estimate of drug-likeness (QED) is 0.501. The normalized spacial score (nSPS) is 11.3. The second-order valence-electron chi connectivity index (χ2n) is 5.32. The molecule has 5 nitrogen and oxygen atoms in total. The van der Waals surface area contributed by atoms with Crippen LogP contribution in [0.15, 0.2) is 12.1 Å². The van der Waals surface area contributed by atoms with Crippen LogP contribution < -0.4 is 14.2 Å². The average molecular weight is 424 g/mol. The molecule has 1 aromatic carbocycles. The number of hydrogen-bond acceptors (Lipinski definition) is 5. The zero-order valence-corrected chi connectivity index (χ0v) is 16.1. The van der Waals surface area contributed by atoms with Crippen LogP contribution in [0.3, 0.4) is 0 Å². The average Bonchev–Trinajstić information content (AvgIpc) is 2.58. The van der Waals surface area contributed by atoms with Crippen LogP contribution in [0.4, 0.5) is 13.2 Å². The molecule has 0 radical (unpaired) electrons. The third-order valence-electron chi connectivity index (χ3n) is 3.73. The maximum absolute atomic E-state index is 13.5. The van der Waals surface area contributed by atoms with Gasteiger partial charge in [-0.05, 0) is 24.6 Å². The number of benzene rings is 1. The van der Waals surface area contributed by atoms with Crippen molar-refractivity contribution in [3.8, 4) is 17.2 Å². The number of pyridine rings is 1. The molecule has 1 heterocycles. The first-order chi connectivity index (χ1) is 12.6. The summed E-state index contributed by atoms with van der Waals surface area (Å²) in [7, 11) is 3.93. The minimum absolute atomic E-state index is 0.0561. The minimum Gasteiger partial charge on any atom is -0.493 e. The predicted molar refractivity (Wildman–Crippen MR) is 93.5 cm³/mol. The van der Waals surface area contributed by atoms with Crippen molar-refractivity contribution >= 4 is 29.0 Å². The summed E-state index contributed by atoms with van der Waals surface area (Å²) in [5.41, 5.74) is -1.99. The molecule has 0 bridgehead atoms. The zero-order valence-electron chi connectivity index (χ0n) is 14.6. The second-order valence-corrected chi connectivity index (χ2v) is 6.07. The number of hydrogen-bond donors (Lipinski definition) is 0. The first-order valence-corrected chi connectivity index (χ1v) is 8.09. The molecule has 146 valence electrons. The van der Waals surface area contributed by atoms with Crippen LogP contribution in [-0.4, -0.2) is 32.1 Å². The lowest BCUT2D eigenvalue weighted by atomic mass is 9.95. The monoisotopic (exact) mass is 423 g/mol.